The Labute approximate surface area is 72.2 Å². The minimum atomic E-state index is -0.622. The Morgan fingerprint density at radius 3 is 3.17 bits per heavy atom. The van der Waals surface area contributed by atoms with Crippen molar-refractivity contribution in [3.05, 3.63) is 24.1 Å². The number of hydrogen-bond donors (Lipinski definition) is 1. The predicted octanol–water partition coefficient (Wildman–Crippen LogP) is 2.07. The van der Waals surface area contributed by atoms with Crippen LogP contribution < -0.4 is 0 Å². The second kappa shape index (κ2) is 2.57. The molecule has 62 valence electrons. The van der Waals surface area contributed by atoms with Crippen LogP contribution in [-0.2, 0) is 4.29 Å². The van der Waals surface area contributed by atoms with E-state index < -0.39 is 5.97 Å². The van der Waals surface area contributed by atoms with Gasteiger partial charge in [0.1, 0.15) is 17.6 Å². The number of aromatic nitrogens is 1. The minimum absolute atomic E-state index is 0.277. The van der Waals surface area contributed by atoms with Crippen LogP contribution >= 0.6 is 11.9 Å². The molecule has 2 rings (SSSR count). The zero-order valence-corrected chi connectivity index (χ0v) is 6.59. The van der Waals surface area contributed by atoms with Gasteiger partial charge >= 0.3 is 5.97 Å². The van der Waals surface area contributed by atoms with Crippen molar-refractivity contribution in [1.82, 2.24) is 4.98 Å². The van der Waals surface area contributed by atoms with Crippen LogP contribution in [0, 0.1) is 0 Å². The molecule has 0 aliphatic rings. The van der Waals surface area contributed by atoms with E-state index in [1.165, 1.54) is 12.3 Å². The maximum atomic E-state index is 10.9. The number of fused-ring (bicyclic) bond motifs is 1. The van der Waals surface area contributed by atoms with Crippen molar-refractivity contribution >= 4 is 28.9 Å². The number of H-pyrrole nitrogens is 1. The topological polar surface area (TPSA) is 55.2 Å². The lowest BCUT2D eigenvalue weighted by Crippen LogP contribution is -1.97. The number of furan rings is 1. The van der Waals surface area contributed by atoms with Crippen LogP contribution in [0.5, 0.6) is 0 Å². The van der Waals surface area contributed by atoms with E-state index in [4.69, 9.17) is 16.3 Å². The minimum Gasteiger partial charge on any atom is -0.463 e. The molecule has 12 heavy (non-hydrogen) atoms. The first kappa shape index (κ1) is 7.24. The monoisotopic (exact) mass is 185 g/mol. The van der Waals surface area contributed by atoms with Crippen LogP contribution in [-0.4, -0.2) is 11.0 Å². The summed E-state index contributed by atoms with van der Waals surface area (Å²) in [7, 11) is 0. The van der Waals surface area contributed by atoms with E-state index in [1.807, 2.05) is 0 Å². The average molecular weight is 186 g/mol. The number of carbonyl (C=O) groups is 1. The molecular weight excluding hydrogens is 182 g/mol. The van der Waals surface area contributed by atoms with Crippen molar-refractivity contribution in [1.29, 1.82) is 0 Å². The third-order valence-corrected chi connectivity index (χ3v) is 1.67. The molecule has 2 aromatic rings. The number of nitrogens with one attached hydrogen (secondary N) is 1. The molecule has 0 aromatic carbocycles. The number of aromatic amines is 1. The van der Waals surface area contributed by atoms with Crippen molar-refractivity contribution in [2.75, 3.05) is 0 Å². The maximum Gasteiger partial charge on any atom is 0.372 e. The fourth-order valence-electron chi connectivity index (χ4n) is 1.000. The normalized spacial score (nSPS) is 10.4. The van der Waals surface area contributed by atoms with E-state index in [0.717, 1.165) is 5.52 Å². The van der Waals surface area contributed by atoms with Gasteiger partial charge in [0.05, 0.1) is 11.8 Å². The van der Waals surface area contributed by atoms with Gasteiger partial charge in [-0.2, -0.15) is 0 Å². The van der Waals surface area contributed by atoms with Crippen molar-refractivity contribution in [3.63, 3.8) is 0 Å². The third-order valence-electron chi connectivity index (χ3n) is 1.53. The summed E-state index contributed by atoms with van der Waals surface area (Å²) < 4.78 is 9.01. The van der Waals surface area contributed by atoms with E-state index >= 15 is 0 Å². The molecule has 2 heterocycles. The van der Waals surface area contributed by atoms with Crippen molar-refractivity contribution in [2.24, 2.45) is 0 Å². The Balaban J connectivity index is 2.51. The quantitative estimate of drug-likeness (QED) is 0.740. The summed E-state index contributed by atoms with van der Waals surface area (Å²) in [6.45, 7) is 0. The van der Waals surface area contributed by atoms with Gasteiger partial charge in [0.2, 0.25) is 0 Å². The largest absolute Gasteiger partial charge is 0.463 e. The summed E-state index contributed by atoms with van der Waals surface area (Å²) in [4.78, 5) is 13.6. The number of halogens is 1. The van der Waals surface area contributed by atoms with Gasteiger partial charge in [0.25, 0.3) is 0 Å². The highest BCUT2D eigenvalue weighted by molar-refractivity contribution is 6.15. The smallest absolute Gasteiger partial charge is 0.372 e. The van der Waals surface area contributed by atoms with Gasteiger partial charge in [-0.3, -0.25) is 0 Å². The van der Waals surface area contributed by atoms with Crippen molar-refractivity contribution in [3.8, 4) is 0 Å². The Morgan fingerprint density at radius 2 is 2.50 bits per heavy atom. The molecule has 0 aliphatic heterocycles. The molecule has 0 radical (unpaired) electrons. The van der Waals surface area contributed by atoms with Gasteiger partial charge in [-0.15, -0.1) is 0 Å². The Morgan fingerprint density at radius 1 is 1.67 bits per heavy atom. The summed E-state index contributed by atoms with van der Waals surface area (Å²) in [5.41, 5.74) is 1.62. The molecule has 0 atom stereocenters. The Bertz CT molecular complexity index is 388. The van der Waals surface area contributed by atoms with Crippen molar-refractivity contribution in [2.45, 2.75) is 0 Å². The highest BCUT2D eigenvalue weighted by Crippen LogP contribution is 2.16. The van der Waals surface area contributed by atoms with E-state index in [2.05, 4.69) is 9.27 Å². The zero-order chi connectivity index (χ0) is 8.55. The SMILES string of the molecule is O=C(OCl)c1cc2occc2[nH]1. The van der Waals surface area contributed by atoms with Gasteiger partial charge in [0.15, 0.2) is 5.58 Å². The first-order valence-corrected chi connectivity index (χ1v) is 3.51. The van der Waals surface area contributed by atoms with Crippen LogP contribution in [0.25, 0.3) is 11.1 Å². The zero-order valence-electron chi connectivity index (χ0n) is 5.83. The standard InChI is InChI=1S/C7H4ClNO3/c8-12-7(10)5-3-6-4(9-5)1-2-11-6/h1-3,9H. The van der Waals surface area contributed by atoms with Crippen LogP contribution in [0.15, 0.2) is 22.8 Å². The van der Waals surface area contributed by atoms with E-state index in [9.17, 15) is 4.79 Å². The van der Waals surface area contributed by atoms with Gasteiger partial charge in [0, 0.05) is 12.1 Å². The molecule has 0 aliphatic carbocycles. The Hall–Kier alpha value is -1.42. The van der Waals surface area contributed by atoms with Crippen LogP contribution in [0.3, 0.4) is 0 Å². The molecule has 0 saturated carbocycles. The maximum absolute atomic E-state index is 10.9. The fourth-order valence-corrected chi connectivity index (χ4v) is 1.08. The first-order valence-electron chi connectivity index (χ1n) is 3.20. The summed E-state index contributed by atoms with van der Waals surface area (Å²) >= 11 is 4.88. The third kappa shape index (κ3) is 0.967. The molecule has 0 saturated heterocycles. The van der Waals surface area contributed by atoms with Gasteiger partial charge < -0.3 is 13.7 Å². The highest BCUT2D eigenvalue weighted by Gasteiger charge is 2.11. The summed E-state index contributed by atoms with van der Waals surface area (Å²) in [6, 6.07) is 3.24. The molecule has 0 amide bonds. The fraction of sp³-hybridized carbons (Fsp3) is 0. The van der Waals surface area contributed by atoms with E-state index in [0.29, 0.717) is 5.58 Å². The van der Waals surface area contributed by atoms with Gasteiger partial charge in [-0.05, 0) is 0 Å². The molecule has 2 aromatic heterocycles. The molecular formula is C7H4ClNO3. The van der Waals surface area contributed by atoms with Crippen LogP contribution in [0.2, 0.25) is 0 Å². The lowest BCUT2D eigenvalue weighted by Gasteiger charge is -1.87. The molecule has 0 fully saturated rings. The van der Waals surface area contributed by atoms with Gasteiger partial charge in [-0.25, -0.2) is 4.79 Å². The van der Waals surface area contributed by atoms with Crippen LogP contribution in [0.1, 0.15) is 10.5 Å². The highest BCUT2D eigenvalue weighted by atomic mass is 35.5. The number of hydrogen-bond acceptors (Lipinski definition) is 3. The summed E-state index contributed by atoms with van der Waals surface area (Å²) in [5, 5.41) is 0. The number of rotatable bonds is 1. The second-order valence-electron chi connectivity index (χ2n) is 2.25. The second-order valence-corrected chi connectivity index (χ2v) is 2.40. The molecule has 5 heteroatoms. The molecule has 0 unspecified atom stereocenters. The molecule has 0 bridgehead atoms. The van der Waals surface area contributed by atoms with Gasteiger partial charge in [-0.1, -0.05) is 0 Å². The van der Waals surface area contributed by atoms with Crippen molar-refractivity contribution < 1.29 is 13.5 Å². The van der Waals surface area contributed by atoms with E-state index in [1.54, 1.807) is 6.07 Å². The molecule has 0 spiro atoms. The Kier molecular flexibility index (Phi) is 1.55. The molecule has 1 N–H and O–H groups in total. The summed E-state index contributed by atoms with van der Waals surface area (Å²) in [5.74, 6) is -0.622. The lowest BCUT2D eigenvalue weighted by molar-refractivity contribution is 0.0746. The summed E-state index contributed by atoms with van der Waals surface area (Å²) in [6.07, 6.45) is 1.52. The molecule has 4 nitrogen and oxygen atoms in total. The van der Waals surface area contributed by atoms with E-state index in [-0.39, 0.29) is 5.69 Å². The average Bonchev–Trinajstić information content (AvgIpc) is 2.60. The lowest BCUT2D eigenvalue weighted by atomic mass is 10.4. The number of carbonyl (C=O) groups excluding carboxylic acids is 1. The first-order chi connectivity index (χ1) is 5.81. The predicted molar refractivity (Wildman–Crippen MR) is 41.8 cm³/mol. The van der Waals surface area contributed by atoms with Crippen LogP contribution in [0.4, 0.5) is 0 Å².